The highest BCUT2D eigenvalue weighted by Crippen LogP contribution is 2.30. The summed E-state index contributed by atoms with van der Waals surface area (Å²) in [6.07, 6.45) is 0. The zero-order valence-corrected chi connectivity index (χ0v) is 9.38. The lowest BCUT2D eigenvalue weighted by atomic mass is 10.0. The molecule has 2 rings (SSSR count). The van der Waals surface area contributed by atoms with Gasteiger partial charge < -0.3 is 11.5 Å². The number of hydrogen-bond donors (Lipinski definition) is 2. The molecule has 2 aromatic rings. The van der Waals surface area contributed by atoms with E-state index in [0.29, 0.717) is 5.69 Å². The van der Waals surface area contributed by atoms with Gasteiger partial charge in [0.2, 0.25) is 0 Å². The summed E-state index contributed by atoms with van der Waals surface area (Å²) in [6.45, 7) is 0. The molecule has 0 saturated carbocycles. The van der Waals surface area contributed by atoms with Crippen molar-refractivity contribution in [3.05, 3.63) is 41.5 Å². The molecule has 5 nitrogen and oxygen atoms in total. The quantitative estimate of drug-likeness (QED) is 0.780. The predicted molar refractivity (Wildman–Crippen MR) is 67.9 cm³/mol. The fourth-order valence-electron chi connectivity index (χ4n) is 1.66. The van der Waals surface area contributed by atoms with E-state index in [1.54, 1.807) is 12.1 Å². The van der Waals surface area contributed by atoms with Crippen molar-refractivity contribution >= 4 is 11.5 Å². The Labute approximate surface area is 104 Å². The van der Waals surface area contributed by atoms with E-state index < -0.39 is 0 Å². The van der Waals surface area contributed by atoms with Crippen LogP contribution in [0.1, 0.15) is 11.1 Å². The second-order valence-corrected chi connectivity index (χ2v) is 3.60. The Bertz CT molecular complexity index is 677. The molecular weight excluding hydrogens is 226 g/mol. The first-order chi connectivity index (χ1) is 8.69. The lowest BCUT2D eigenvalue weighted by molar-refractivity contribution is 1.29. The van der Waals surface area contributed by atoms with Crippen molar-refractivity contribution < 1.29 is 0 Å². The molecule has 1 aromatic heterocycles. The van der Waals surface area contributed by atoms with Gasteiger partial charge in [0.1, 0.15) is 29.1 Å². The third-order valence-electron chi connectivity index (χ3n) is 2.53. The molecule has 1 heterocycles. The number of benzene rings is 1. The van der Waals surface area contributed by atoms with E-state index in [-0.39, 0.29) is 22.6 Å². The topological polar surface area (TPSA) is 113 Å². The largest absolute Gasteiger partial charge is 0.396 e. The van der Waals surface area contributed by atoms with Crippen molar-refractivity contribution in [2.24, 2.45) is 0 Å². The van der Waals surface area contributed by atoms with Gasteiger partial charge in [-0.2, -0.15) is 10.5 Å². The SMILES string of the molecule is N#Cc1c(N)nc(-c2ccccc2)c(C#N)c1N. The maximum Gasteiger partial charge on any atom is 0.144 e. The number of hydrogen-bond acceptors (Lipinski definition) is 5. The smallest absolute Gasteiger partial charge is 0.144 e. The Kier molecular flexibility index (Phi) is 2.82. The van der Waals surface area contributed by atoms with Crippen molar-refractivity contribution in [2.45, 2.75) is 0 Å². The van der Waals surface area contributed by atoms with Gasteiger partial charge in [-0.05, 0) is 0 Å². The molecule has 0 fully saturated rings. The number of anilines is 2. The molecule has 5 heteroatoms. The van der Waals surface area contributed by atoms with E-state index in [2.05, 4.69) is 4.98 Å². The molecule has 1 aromatic carbocycles. The molecule has 0 bridgehead atoms. The summed E-state index contributed by atoms with van der Waals surface area (Å²) in [4.78, 5) is 4.10. The van der Waals surface area contributed by atoms with Crippen LogP contribution in [0.5, 0.6) is 0 Å². The van der Waals surface area contributed by atoms with Gasteiger partial charge in [0, 0.05) is 5.56 Å². The zero-order valence-electron chi connectivity index (χ0n) is 9.38. The fourth-order valence-corrected chi connectivity index (χ4v) is 1.66. The van der Waals surface area contributed by atoms with E-state index in [4.69, 9.17) is 22.0 Å². The molecule has 0 aliphatic rings. The van der Waals surface area contributed by atoms with Crippen LogP contribution < -0.4 is 11.5 Å². The molecule has 0 aliphatic heterocycles. The summed E-state index contributed by atoms with van der Waals surface area (Å²) in [7, 11) is 0. The maximum absolute atomic E-state index is 9.15. The lowest BCUT2D eigenvalue weighted by Crippen LogP contribution is -2.05. The standard InChI is InChI=1S/C13H9N5/c14-6-9-11(16)10(7-15)13(17)18-12(9)8-4-2-1-3-5-8/h1-5H,(H4,16,17,18). The highest BCUT2D eigenvalue weighted by atomic mass is 14.9. The second-order valence-electron chi connectivity index (χ2n) is 3.60. The summed E-state index contributed by atoms with van der Waals surface area (Å²) in [5.41, 5.74) is 12.9. The number of pyridine rings is 1. The van der Waals surface area contributed by atoms with Crippen molar-refractivity contribution in [3.63, 3.8) is 0 Å². The Morgan fingerprint density at radius 2 is 1.56 bits per heavy atom. The van der Waals surface area contributed by atoms with Crippen molar-refractivity contribution in [1.82, 2.24) is 4.98 Å². The summed E-state index contributed by atoms with van der Waals surface area (Å²) in [5, 5.41) is 18.1. The van der Waals surface area contributed by atoms with Gasteiger partial charge in [0.15, 0.2) is 0 Å². The van der Waals surface area contributed by atoms with Gasteiger partial charge in [-0.15, -0.1) is 0 Å². The molecule has 86 valence electrons. The van der Waals surface area contributed by atoms with E-state index in [0.717, 1.165) is 5.56 Å². The molecule has 0 spiro atoms. The van der Waals surface area contributed by atoms with Crippen molar-refractivity contribution in [2.75, 3.05) is 11.5 Å². The first-order valence-corrected chi connectivity index (χ1v) is 5.13. The third kappa shape index (κ3) is 1.70. The molecule has 18 heavy (non-hydrogen) atoms. The highest BCUT2D eigenvalue weighted by molar-refractivity contribution is 5.81. The molecule has 4 N–H and O–H groups in total. The van der Waals surface area contributed by atoms with Gasteiger partial charge >= 0.3 is 0 Å². The van der Waals surface area contributed by atoms with Gasteiger partial charge in [-0.1, -0.05) is 30.3 Å². The van der Waals surface area contributed by atoms with Gasteiger partial charge in [-0.3, -0.25) is 0 Å². The average Bonchev–Trinajstić information content (AvgIpc) is 2.39. The Hall–Kier alpha value is -3.05. The first-order valence-electron chi connectivity index (χ1n) is 5.13. The summed E-state index contributed by atoms with van der Waals surface area (Å²) in [5.74, 6) is 0.0350. The zero-order chi connectivity index (χ0) is 13.1. The number of nitrogen functional groups attached to an aromatic ring is 2. The van der Waals surface area contributed by atoms with Crippen LogP contribution >= 0.6 is 0 Å². The molecule has 0 amide bonds. The summed E-state index contributed by atoms with van der Waals surface area (Å²) < 4.78 is 0. The van der Waals surface area contributed by atoms with Crippen LogP contribution in [-0.2, 0) is 0 Å². The van der Waals surface area contributed by atoms with Crippen LogP contribution in [-0.4, -0.2) is 4.98 Å². The van der Waals surface area contributed by atoms with Crippen LogP contribution in [0.3, 0.4) is 0 Å². The first kappa shape index (κ1) is 11.4. The Morgan fingerprint density at radius 1 is 0.944 bits per heavy atom. The summed E-state index contributed by atoms with van der Waals surface area (Å²) in [6, 6.07) is 12.9. The molecule has 0 atom stereocenters. The molecule has 0 saturated heterocycles. The van der Waals surface area contributed by atoms with Crippen molar-refractivity contribution in [1.29, 1.82) is 10.5 Å². The molecular formula is C13H9N5. The van der Waals surface area contributed by atoms with Gasteiger partial charge in [-0.25, -0.2) is 4.98 Å². The normalized spacial score (nSPS) is 9.44. The number of nitrogens with two attached hydrogens (primary N) is 2. The number of rotatable bonds is 1. The number of nitriles is 2. The molecule has 0 aliphatic carbocycles. The predicted octanol–water partition coefficient (Wildman–Crippen LogP) is 1.66. The van der Waals surface area contributed by atoms with Gasteiger partial charge in [0.05, 0.1) is 11.4 Å². The number of nitrogens with zero attached hydrogens (tertiary/aromatic N) is 3. The van der Waals surface area contributed by atoms with Crippen LogP contribution in [0, 0.1) is 22.7 Å². The van der Waals surface area contributed by atoms with E-state index >= 15 is 0 Å². The van der Waals surface area contributed by atoms with Gasteiger partial charge in [0.25, 0.3) is 0 Å². The lowest BCUT2D eigenvalue weighted by Gasteiger charge is -2.09. The Balaban J connectivity index is 2.79. The monoisotopic (exact) mass is 235 g/mol. The van der Waals surface area contributed by atoms with E-state index in [1.807, 2.05) is 30.3 Å². The van der Waals surface area contributed by atoms with Crippen LogP contribution in [0.2, 0.25) is 0 Å². The van der Waals surface area contributed by atoms with Crippen molar-refractivity contribution in [3.8, 4) is 23.4 Å². The minimum absolute atomic E-state index is 0.0350. The molecule has 0 radical (unpaired) electrons. The van der Waals surface area contributed by atoms with Crippen LogP contribution in [0.4, 0.5) is 11.5 Å². The Morgan fingerprint density at radius 3 is 2.11 bits per heavy atom. The second kappa shape index (κ2) is 4.44. The third-order valence-corrected chi connectivity index (χ3v) is 2.53. The minimum atomic E-state index is 0.0350. The summed E-state index contributed by atoms with van der Waals surface area (Å²) >= 11 is 0. The van der Waals surface area contributed by atoms with Crippen LogP contribution in [0.25, 0.3) is 11.3 Å². The molecule has 0 unspecified atom stereocenters. The average molecular weight is 235 g/mol. The van der Waals surface area contributed by atoms with E-state index in [9.17, 15) is 0 Å². The highest BCUT2D eigenvalue weighted by Gasteiger charge is 2.16. The van der Waals surface area contributed by atoms with Crippen LogP contribution in [0.15, 0.2) is 30.3 Å². The fraction of sp³-hybridized carbons (Fsp3) is 0. The maximum atomic E-state index is 9.15. The minimum Gasteiger partial charge on any atom is -0.396 e. The van der Waals surface area contributed by atoms with E-state index in [1.165, 1.54) is 0 Å². The number of aromatic nitrogens is 1.